The average molecular weight is 286 g/mol. The molecule has 1 saturated heterocycles. The van der Waals surface area contributed by atoms with Crippen LogP contribution in [0.4, 0.5) is 22.4 Å². The van der Waals surface area contributed by atoms with Gasteiger partial charge >= 0.3 is 12.3 Å². The summed E-state index contributed by atoms with van der Waals surface area (Å²) in [6, 6.07) is 1.41. The van der Waals surface area contributed by atoms with Gasteiger partial charge in [0.25, 0.3) is 0 Å². The fourth-order valence-electron chi connectivity index (χ4n) is 1.63. The van der Waals surface area contributed by atoms with Gasteiger partial charge in [0.05, 0.1) is 11.6 Å². The van der Waals surface area contributed by atoms with E-state index in [0.717, 1.165) is 12.1 Å². The van der Waals surface area contributed by atoms with Crippen LogP contribution in [0.25, 0.3) is 0 Å². The van der Waals surface area contributed by atoms with E-state index in [9.17, 15) is 22.4 Å². The lowest BCUT2D eigenvalue weighted by Gasteiger charge is -2.16. The van der Waals surface area contributed by atoms with Crippen LogP contribution >= 0.6 is 12.4 Å². The molecule has 1 aliphatic heterocycles. The first-order valence-electron chi connectivity index (χ1n) is 4.68. The molecule has 3 nitrogen and oxygen atoms in total. The lowest BCUT2D eigenvalue weighted by atomic mass is 10.0. The molecule has 0 bridgehead atoms. The number of ether oxygens (including phenoxy) is 1. The van der Waals surface area contributed by atoms with Crippen LogP contribution in [-0.2, 0) is 10.9 Å². The fourth-order valence-corrected chi connectivity index (χ4v) is 1.63. The maximum atomic E-state index is 12.8. The molecule has 18 heavy (non-hydrogen) atoms. The van der Waals surface area contributed by atoms with Crippen molar-refractivity contribution < 1.29 is 27.1 Å². The second-order valence-electron chi connectivity index (χ2n) is 3.52. The van der Waals surface area contributed by atoms with Crippen molar-refractivity contribution in [3.8, 4) is 0 Å². The van der Waals surface area contributed by atoms with E-state index in [0.29, 0.717) is 6.07 Å². The first kappa shape index (κ1) is 14.6. The standard InChI is InChI=1S/C10H7F4NO2.ClH/c11-5-1-2-6(7(3-5)10(12,13)14)8-4-17-9(16)15-8;/h1-3,8H,4H2,(H,15,16);1H/t8-;/m0./s1. The molecule has 1 N–H and O–H groups in total. The summed E-state index contributed by atoms with van der Waals surface area (Å²) < 4.78 is 55.3. The average Bonchev–Trinajstić information content (AvgIpc) is 2.63. The van der Waals surface area contributed by atoms with Crippen molar-refractivity contribution in [1.29, 1.82) is 0 Å². The molecule has 0 aromatic heterocycles. The van der Waals surface area contributed by atoms with Gasteiger partial charge < -0.3 is 10.1 Å². The van der Waals surface area contributed by atoms with E-state index >= 15 is 0 Å². The summed E-state index contributed by atoms with van der Waals surface area (Å²) in [6.45, 7) is -0.201. The van der Waals surface area contributed by atoms with Gasteiger partial charge in [-0.15, -0.1) is 12.4 Å². The van der Waals surface area contributed by atoms with Crippen molar-refractivity contribution in [3.05, 3.63) is 35.1 Å². The predicted molar refractivity (Wildman–Crippen MR) is 55.9 cm³/mol. The summed E-state index contributed by atoms with van der Waals surface area (Å²) in [6.07, 6.45) is -5.46. The van der Waals surface area contributed by atoms with Gasteiger partial charge in [0.15, 0.2) is 0 Å². The first-order chi connectivity index (χ1) is 7.88. The Morgan fingerprint density at radius 2 is 2.00 bits per heavy atom. The molecule has 1 aromatic rings. The molecule has 100 valence electrons. The van der Waals surface area contributed by atoms with Gasteiger partial charge in [-0.1, -0.05) is 6.07 Å². The quantitative estimate of drug-likeness (QED) is 0.806. The Balaban J connectivity index is 0.00000162. The smallest absolute Gasteiger partial charge is 0.416 e. The van der Waals surface area contributed by atoms with E-state index in [1.165, 1.54) is 0 Å². The van der Waals surface area contributed by atoms with Gasteiger partial charge in [0.1, 0.15) is 12.4 Å². The van der Waals surface area contributed by atoms with Crippen molar-refractivity contribution in [2.75, 3.05) is 6.61 Å². The number of rotatable bonds is 1. The minimum absolute atomic E-state index is 0. The molecule has 0 saturated carbocycles. The van der Waals surface area contributed by atoms with Crippen molar-refractivity contribution in [2.45, 2.75) is 12.2 Å². The molecule has 1 amide bonds. The van der Waals surface area contributed by atoms with E-state index in [1.54, 1.807) is 0 Å². The van der Waals surface area contributed by atoms with Crippen molar-refractivity contribution >= 4 is 18.5 Å². The van der Waals surface area contributed by atoms with E-state index < -0.39 is 29.7 Å². The third kappa shape index (κ3) is 2.84. The lowest BCUT2D eigenvalue weighted by molar-refractivity contribution is -0.138. The number of amides is 1. The summed E-state index contributed by atoms with van der Waals surface area (Å²) in [7, 11) is 0. The number of carbonyl (C=O) groups is 1. The van der Waals surface area contributed by atoms with Crippen LogP contribution < -0.4 is 5.32 Å². The molecule has 2 rings (SSSR count). The number of benzene rings is 1. The second kappa shape index (κ2) is 5.01. The highest BCUT2D eigenvalue weighted by molar-refractivity contribution is 5.85. The first-order valence-corrected chi connectivity index (χ1v) is 4.68. The number of carbonyl (C=O) groups excluding carboxylic acids is 1. The summed E-state index contributed by atoms with van der Waals surface area (Å²) in [5, 5.41) is 2.22. The summed E-state index contributed by atoms with van der Waals surface area (Å²) in [4.78, 5) is 10.8. The minimum Gasteiger partial charge on any atom is -0.447 e. The van der Waals surface area contributed by atoms with Crippen molar-refractivity contribution in [1.82, 2.24) is 5.32 Å². The molecular weight excluding hydrogens is 278 g/mol. The topological polar surface area (TPSA) is 38.3 Å². The molecule has 0 spiro atoms. The zero-order valence-corrected chi connectivity index (χ0v) is 9.57. The molecule has 1 fully saturated rings. The maximum absolute atomic E-state index is 12.8. The molecule has 0 aliphatic carbocycles. The Labute approximate surface area is 106 Å². The Morgan fingerprint density at radius 1 is 1.33 bits per heavy atom. The van der Waals surface area contributed by atoms with Crippen LogP contribution in [-0.4, -0.2) is 12.7 Å². The SMILES string of the molecule is Cl.O=C1N[C@H](c2ccc(F)cc2C(F)(F)F)CO1. The largest absolute Gasteiger partial charge is 0.447 e. The molecule has 8 heteroatoms. The Hall–Kier alpha value is -1.50. The number of hydrogen-bond donors (Lipinski definition) is 1. The van der Waals surface area contributed by atoms with Crippen molar-refractivity contribution in [2.24, 2.45) is 0 Å². The molecular formula is C10H8ClF4NO2. The maximum Gasteiger partial charge on any atom is 0.416 e. The number of halogens is 5. The summed E-state index contributed by atoms with van der Waals surface area (Å²) >= 11 is 0. The summed E-state index contributed by atoms with van der Waals surface area (Å²) in [5.41, 5.74) is -1.31. The number of alkyl carbamates (subject to hydrolysis) is 1. The van der Waals surface area contributed by atoms with Gasteiger partial charge in [-0.25, -0.2) is 9.18 Å². The highest BCUT2D eigenvalue weighted by Crippen LogP contribution is 2.36. The van der Waals surface area contributed by atoms with Crippen LogP contribution in [0.3, 0.4) is 0 Å². The number of cyclic esters (lactones) is 1. The monoisotopic (exact) mass is 285 g/mol. The predicted octanol–water partition coefficient (Wildman–Crippen LogP) is 3.05. The Bertz CT molecular complexity index is 464. The highest BCUT2D eigenvalue weighted by Gasteiger charge is 2.37. The molecule has 0 radical (unpaired) electrons. The van der Waals surface area contributed by atoms with Crippen LogP contribution in [0.5, 0.6) is 0 Å². The number of nitrogens with one attached hydrogen (secondary N) is 1. The van der Waals surface area contributed by atoms with Crippen LogP contribution in [0.15, 0.2) is 18.2 Å². The molecule has 1 heterocycles. The lowest BCUT2D eigenvalue weighted by Crippen LogP contribution is -2.22. The zero-order valence-electron chi connectivity index (χ0n) is 8.75. The van der Waals surface area contributed by atoms with E-state index in [4.69, 9.17) is 0 Å². The van der Waals surface area contributed by atoms with Crippen LogP contribution in [0, 0.1) is 5.82 Å². The van der Waals surface area contributed by atoms with Gasteiger partial charge in [-0.2, -0.15) is 13.2 Å². The zero-order chi connectivity index (χ0) is 12.6. The van der Waals surface area contributed by atoms with Gasteiger partial charge in [-0.05, 0) is 17.7 Å². The Morgan fingerprint density at radius 3 is 2.50 bits per heavy atom. The summed E-state index contributed by atoms with van der Waals surface area (Å²) in [5.74, 6) is -0.980. The molecule has 1 aromatic carbocycles. The van der Waals surface area contributed by atoms with Gasteiger partial charge in [-0.3, -0.25) is 0 Å². The Kier molecular flexibility index (Phi) is 4.05. The fraction of sp³-hybridized carbons (Fsp3) is 0.300. The van der Waals surface area contributed by atoms with Crippen LogP contribution in [0.2, 0.25) is 0 Å². The van der Waals surface area contributed by atoms with E-state index in [1.807, 2.05) is 0 Å². The normalized spacial score (nSPS) is 18.9. The van der Waals surface area contributed by atoms with Crippen molar-refractivity contribution in [3.63, 3.8) is 0 Å². The van der Waals surface area contributed by atoms with E-state index in [-0.39, 0.29) is 24.6 Å². The van der Waals surface area contributed by atoms with Gasteiger partial charge in [0, 0.05) is 0 Å². The van der Waals surface area contributed by atoms with E-state index in [2.05, 4.69) is 10.1 Å². The number of alkyl halides is 3. The van der Waals surface area contributed by atoms with Gasteiger partial charge in [0.2, 0.25) is 0 Å². The third-order valence-electron chi connectivity index (χ3n) is 2.37. The second-order valence-corrected chi connectivity index (χ2v) is 3.52. The highest BCUT2D eigenvalue weighted by atomic mass is 35.5. The molecule has 1 aliphatic rings. The minimum atomic E-state index is -4.68. The van der Waals surface area contributed by atoms with Crippen LogP contribution in [0.1, 0.15) is 17.2 Å². The number of hydrogen-bond acceptors (Lipinski definition) is 2. The molecule has 1 atom stereocenters. The third-order valence-corrected chi connectivity index (χ3v) is 2.37. The molecule has 0 unspecified atom stereocenters.